The van der Waals surface area contributed by atoms with Gasteiger partial charge in [-0.05, 0) is 92.0 Å². The monoisotopic (exact) mass is 812 g/mol. The molecule has 2 heterocycles. The van der Waals surface area contributed by atoms with E-state index in [1.807, 2.05) is 91.0 Å². The lowest BCUT2D eigenvalue weighted by Crippen LogP contribution is -2.10. The molecule has 0 unspecified atom stereocenters. The predicted octanol–water partition coefficient (Wildman–Crippen LogP) is 15.9. The van der Waals surface area contributed by atoms with E-state index in [9.17, 15) is 0 Å². The van der Waals surface area contributed by atoms with Gasteiger partial charge >= 0.3 is 0 Å². The number of hydrogen-bond acceptors (Lipinski definition) is 2. The molecule has 298 valence electrons. The van der Waals surface area contributed by atoms with Crippen LogP contribution in [0.4, 0.5) is 8.78 Å². The summed E-state index contributed by atoms with van der Waals surface area (Å²) in [5, 5.41) is 0. The maximum Gasteiger partial charge on any atom is 0.299 e. The van der Waals surface area contributed by atoms with Crippen molar-refractivity contribution in [3.63, 3.8) is 0 Å². The summed E-state index contributed by atoms with van der Waals surface area (Å²) in [7, 11) is 0. The van der Waals surface area contributed by atoms with Gasteiger partial charge in [-0.3, -0.25) is 0 Å². The van der Waals surface area contributed by atoms with E-state index in [4.69, 9.17) is 9.97 Å². The van der Waals surface area contributed by atoms with E-state index < -0.39 is 5.92 Å². The maximum absolute atomic E-state index is 16.1. The van der Waals surface area contributed by atoms with Crippen molar-refractivity contribution in [2.45, 2.75) is 5.92 Å². The minimum Gasteiger partial charge on any atom is -0.248 e. The Labute approximate surface area is 365 Å². The van der Waals surface area contributed by atoms with Gasteiger partial charge in [0.1, 0.15) is 0 Å². The summed E-state index contributed by atoms with van der Waals surface area (Å²) in [6.45, 7) is 0. The van der Waals surface area contributed by atoms with Crippen molar-refractivity contribution in [3.05, 3.63) is 242 Å². The van der Waals surface area contributed by atoms with Gasteiger partial charge in [0.05, 0.1) is 22.8 Å². The summed E-state index contributed by atoms with van der Waals surface area (Å²) in [6, 6.07) is 76.6. The molecule has 4 heteroatoms. The number of fused-ring (bicyclic) bond motifs is 3. The molecule has 0 saturated heterocycles. The van der Waals surface area contributed by atoms with Crippen molar-refractivity contribution in [3.8, 4) is 101 Å². The van der Waals surface area contributed by atoms with E-state index in [1.165, 1.54) is 0 Å². The lowest BCUT2D eigenvalue weighted by atomic mass is 9.94. The highest BCUT2D eigenvalue weighted by Gasteiger charge is 2.44. The van der Waals surface area contributed by atoms with Crippen LogP contribution in [0.25, 0.3) is 101 Å². The summed E-state index contributed by atoms with van der Waals surface area (Å²) in [5.74, 6) is -3.10. The average molecular weight is 813 g/mol. The van der Waals surface area contributed by atoms with E-state index in [0.717, 1.165) is 89.5 Å². The van der Waals surface area contributed by atoms with Gasteiger partial charge in [-0.25, -0.2) is 9.97 Å². The third-order valence-electron chi connectivity index (χ3n) is 12.0. The Balaban J connectivity index is 0.909. The minimum atomic E-state index is -3.10. The Morgan fingerprint density at radius 3 is 0.841 bits per heavy atom. The Kier molecular flexibility index (Phi) is 9.47. The van der Waals surface area contributed by atoms with Crippen LogP contribution < -0.4 is 0 Å². The molecule has 0 aliphatic heterocycles. The van der Waals surface area contributed by atoms with Gasteiger partial charge in [0.15, 0.2) is 0 Å². The Morgan fingerprint density at radius 2 is 0.492 bits per heavy atom. The third-order valence-corrected chi connectivity index (χ3v) is 12.0. The number of benzene rings is 8. The SMILES string of the molecule is FC1(F)c2ccc(-c3ccc(-c4cc(-c5ccccc5)nc(-c5ccccc5)c4)cc3)cc2-c2cc(-c3ccc(-c4cc(-c5ccccc5)cc(-c5ccccc5)n4)cc3)ccc21. The van der Waals surface area contributed by atoms with Crippen molar-refractivity contribution in [2.24, 2.45) is 0 Å². The van der Waals surface area contributed by atoms with Crippen LogP contribution in [0.15, 0.2) is 231 Å². The molecule has 10 aromatic rings. The second-order valence-electron chi connectivity index (χ2n) is 16.0. The molecule has 2 aromatic heterocycles. The zero-order chi connectivity index (χ0) is 42.3. The number of aromatic nitrogens is 2. The molecule has 63 heavy (non-hydrogen) atoms. The number of pyridine rings is 2. The van der Waals surface area contributed by atoms with Gasteiger partial charge in [0.2, 0.25) is 0 Å². The van der Waals surface area contributed by atoms with Crippen molar-refractivity contribution >= 4 is 0 Å². The molecule has 11 rings (SSSR count). The first-order valence-electron chi connectivity index (χ1n) is 21.1. The Bertz CT molecular complexity index is 2920. The van der Waals surface area contributed by atoms with Crippen LogP contribution in [0.5, 0.6) is 0 Å². The largest absolute Gasteiger partial charge is 0.299 e. The lowest BCUT2D eigenvalue weighted by molar-refractivity contribution is 0.0480. The Morgan fingerprint density at radius 1 is 0.238 bits per heavy atom. The van der Waals surface area contributed by atoms with Gasteiger partial charge in [-0.15, -0.1) is 0 Å². The van der Waals surface area contributed by atoms with Crippen molar-refractivity contribution in [1.82, 2.24) is 9.97 Å². The molecular formula is C59H38F2N2. The van der Waals surface area contributed by atoms with Gasteiger partial charge in [0, 0.05) is 33.4 Å². The van der Waals surface area contributed by atoms with E-state index in [1.54, 1.807) is 18.2 Å². The van der Waals surface area contributed by atoms with Crippen molar-refractivity contribution in [1.29, 1.82) is 0 Å². The molecular weight excluding hydrogens is 775 g/mol. The fourth-order valence-corrected chi connectivity index (χ4v) is 8.72. The molecule has 0 spiro atoms. The molecule has 2 nitrogen and oxygen atoms in total. The highest BCUT2D eigenvalue weighted by molar-refractivity contribution is 5.87. The third kappa shape index (κ3) is 7.22. The number of alkyl halides is 2. The van der Waals surface area contributed by atoms with Crippen LogP contribution in [-0.2, 0) is 5.92 Å². The summed E-state index contributed by atoms with van der Waals surface area (Å²) in [6.07, 6.45) is 0. The number of hydrogen-bond donors (Lipinski definition) is 0. The van der Waals surface area contributed by atoms with E-state index >= 15 is 8.78 Å². The van der Waals surface area contributed by atoms with Crippen LogP contribution in [-0.4, -0.2) is 9.97 Å². The van der Waals surface area contributed by atoms with Gasteiger partial charge < -0.3 is 0 Å². The number of rotatable bonds is 8. The Hall–Kier alpha value is -8.08. The molecule has 0 atom stereocenters. The molecule has 8 aromatic carbocycles. The zero-order valence-corrected chi connectivity index (χ0v) is 34.1. The first-order valence-corrected chi connectivity index (χ1v) is 21.1. The normalized spacial score (nSPS) is 12.4. The molecule has 0 radical (unpaired) electrons. The first-order chi connectivity index (χ1) is 30.9. The van der Waals surface area contributed by atoms with E-state index in [-0.39, 0.29) is 11.1 Å². The smallest absolute Gasteiger partial charge is 0.248 e. The topological polar surface area (TPSA) is 25.8 Å². The van der Waals surface area contributed by atoms with Crippen molar-refractivity contribution in [2.75, 3.05) is 0 Å². The standard InChI is InChI=1S/C59H38F2N2/c60-59(61)53-31-29-47(40-21-23-42(24-22-40)50-37-56(44-17-9-3-10-18-44)62-57(38-50)45-19-11-4-12-20-45)33-51(53)52-34-48(30-32-54(52)59)41-25-27-46(28-26-41)58-36-49(39-13-5-1-6-14-39)35-55(63-58)43-15-7-2-8-16-43/h1-38H. The van der Waals surface area contributed by atoms with Gasteiger partial charge in [0.25, 0.3) is 5.92 Å². The highest BCUT2D eigenvalue weighted by Crippen LogP contribution is 2.53. The molecule has 0 amide bonds. The minimum absolute atomic E-state index is 0.0295. The van der Waals surface area contributed by atoms with Crippen molar-refractivity contribution < 1.29 is 8.78 Å². The fraction of sp³-hybridized carbons (Fsp3) is 0.0169. The summed E-state index contributed by atoms with van der Waals surface area (Å²) >= 11 is 0. The van der Waals surface area contributed by atoms with E-state index in [0.29, 0.717) is 11.1 Å². The molecule has 1 aliphatic rings. The van der Waals surface area contributed by atoms with Crippen LogP contribution >= 0.6 is 0 Å². The fourth-order valence-electron chi connectivity index (χ4n) is 8.72. The lowest BCUT2D eigenvalue weighted by Gasteiger charge is -2.13. The quantitative estimate of drug-likeness (QED) is 0.153. The second kappa shape index (κ2) is 15.7. The molecule has 0 fully saturated rings. The summed E-state index contributed by atoms with van der Waals surface area (Å²) in [4.78, 5) is 10.1. The molecule has 1 aliphatic carbocycles. The van der Waals surface area contributed by atoms with Crippen LogP contribution in [0.2, 0.25) is 0 Å². The van der Waals surface area contributed by atoms with Gasteiger partial charge in [-0.1, -0.05) is 194 Å². The molecule has 0 N–H and O–H groups in total. The first kappa shape index (κ1) is 37.9. The van der Waals surface area contributed by atoms with Crippen LogP contribution in [0, 0.1) is 0 Å². The average Bonchev–Trinajstić information content (AvgIpc) is 3.59. The number of nitrogens with zero attached hydrogens (tertiary/aromatic N) is 2. The van der Waals surface area contributed by atoms with Crippen LogP contribution in [0.1, 0.15) is 11.1 Å². The molecule has 0 saturated carbocycles. The summed E-state index contributed by atoms with van der Waals surface area (Å²) < 4.78 is 32.2. The molecule has 0 bridgehead atoms. The predicted molar refractivity (Wildman–Crippen MR) is 254 cm³/mol. The second-order valence-corrected chi connectivity index (χ2v) is 16.0. The van der Waals surface area contributed by atoms with Crippen LogP contribution in [0.3, 0.4) is 0 Å². The zero-order valence-electron chi connectivity index (χ0n) is 34.1. The van der Waals surface area contributed by atoms with Gasteiger partial charge in [-0.2, -0.15) is 8.78 Å². The highest BCUT2D eigenvalue weighted by atomic mass is 19.3. The van der Waals surface area contributed by atoms with E-state index in [2.05, 4.69) is 121 Å². The number of halogens is 2. The maximum atomic E-state index is 16.1. The summed E-state index contributed by atoms with van der Waals surface area (Å²) in [5.41, 5.74) is 16.8.